The van der Waals surface area contributed by atoms with E-state index >= 15 is 0 Å². The second-order valence-corrected chi connectivity index (χ2v) is 6.32. The molecule has 1 heterocycles. The van der Waals surface area contributed by atoms with Crippen molar-refractivity contribution in [3.8, 4) is 0 Å². The zero-order valence-corrected chi connectivity index (χ0v) is 12.3. The molecule has 2 rings (SSSR count). The van der Waals surface area contributed by atoms with Crippen molar-refractivity contribution < 1.29 is 4.74 Å². The van der Waals surface area contributed by atoms with Gasteiger partial charge in [-0.1, -0.05) is 52.9 Å². The summed E-state index contributed by atoms with van der Waals surface area (Å²) in [6, 6.07) is 10.4. The first kappa shape index (κ1) is 13.3. The van der Waals surface area contributed by atoms with Gasteiger partial charge in [-0.2, -0.15) is 0 Å². The quantitative estimate of drug-likeness (QED) is 0.462. The summed E-state index contributed by atoms with van der Waals surface area (Å²) < 4.78 is 6.59. The highest BCUT2D eigenvalue weighted by atomic mass is 127. The molecular formula is C14H20INO. The van der Waals surface area contributed by atoms with E-state index in [1.165, 1.54) is 31.5 Å². The summed E-state index contributed by atoms with van der Waals surface area (Å²) in [6.45, 7) is 5.14. The number of hydrogen-bond acceptors (Lipinski definition) is 2. The number of alkyl halides is 1. The van der Waals surface area contributed by atoms with E-state index in [1.54, 1.807) is 0 Å². The standard InChI is InChI=1S/C14H20INO/c15-14-6-8-16(9-7-14)10-11-17-12-13-4-2-1-3-5-13/h1-5,14H,6-12H2. The van der Waals surface area contributed by atoms with Crippen LogP contribution in [0.2, 0.25) is 0 Å². The van der Waals surface area contributed by atoms with Crippen LogP contribution >= 0.6 is 22.6 Å². The molecule has 17 heavy (non-hydrogen) atoms. The highest BCUT2D eigenvalue weighted by Crippen LogP contribution is 2.17. The predicted octanol–water partition coefficient (Wildman–Crippen LogP) is 3.10. The van der Waals surface area contributed by atoms with Gasteiger partial charge in [0.25, 0.3) is 0 Å². The summed E-state index contributed by atoms with van der Waals surface area (Å²) >= 11 is 2.56. The molecule has 0 aromatic heterocycles. The fourth-order valence-corrected chi connectivity index (χ4v) is 2.64. The second-order valence-electron chi connectivity index (χ2n) is 4.55. The molecule has 1 fully saturated rings. The van der Waals surface area contributed by atoms with Crippen molar-refractivity contribution in [1.82, 2.24) is 4.90 Å². The van der Waals surface area contributed by atoms with Gasteiger partial charge in [0, 0.05) is 10.5 Å². The van der Waals surface area contributed by atoms with Crippen LogP contribution < -0.4 is 0 Å². The Morgan fingerprint density at radius 2 is 1.88 bits per heavy atom. The molecule has 0 amide bonds. The lowest BCUT2D eigenvalue weighted by Crippen LogP contribution is -2.36. The van der Waals surface area contributed by atoms with Crippen molar-refractivity contribution in [3.05, 3.63) is 35.9 Å². The molecule has 0 saturated carbocycles. The fraction of sp³-hybridized carbons (Fsp3) is 0.571. The smallest absolute Gasteiger partial charge is 0.0717 e. The first-order valence-electron chi connectivity index (χ1n) is 6.32. The number of ether oxygens (including phenoxy) is 1. The number of nitrogens with zero attached hydrogens (tertiary/aromatic N) is 1. The molecule has 1 aliphatic rings. The molecule has 0 atom stereocenters. The maximum atomic E-state index is 5.71. The minimum atomic E-state index is 0.740. The summed E-state index contributed by atoms with van der Waals surface area (Å²) in [7, 11) is 0. The van der Waals surface area contributed by atoms with Crippen molar-refractivity contribution in [3.63, 3.8) is 0 Å². The zero-order valence-electron chi connectivity index (χ0n) is 10.1. The number of rotatable bonds is 5. The van der Waals surface area contributed by atoms with Crippen LogP contribution in [0.1, 0.15) is 18.4 Å². The largest absolute Gasteiger partial charge is 0.375 e. The Hall–Kier alpha value is -0.130. The third kappa shape index (κ3) is 4.94. The average molecular weight is 345 g/mol. The maximum Gasteiger partial charge on any atom is 0.0717 e. The van der Waals surface area contributed by atoms with Crippen LogP contribution in [0.3, 0.4) is 0 Å². The molecule has 0 unspecified atom stereocenters. The molecule has 94 valence electrons. The van der Waals surface area contributed by atoms with Gasteiger partial charge in [-0.25, -0.2) is 0 Å². The van der Waals surface area contributed by atoms with Crippen LogP contribution in [0.5, 0.6) is 0 Å². The zero-order chi connectivity index (χ0) is 11.9. The molecule has 0 bridgehead atoms. The topological polar surface area (TPSA) is 12.5 Å². The van der Waals surface area contributed by atoms with E-state index < -0.39 is 0 Å². The summed E-state index contributed by atoms with van der Waals surface area (Å²) in [5.41, 5.74) is 1.26. The van der Waals surface area contributed by atoms with Crippen LogP contribution in [0.4, 0.5) is 0 Å². The Morgan fingerprint density at radius 1 is 1.18 bits per heavy atom. The van der Waals surface area contributed by atoms with Crippen molar-refractivity contribution >= 4 is 22.6 Å². The Balaban J connectivity index is 1.57. The molecular weight excluding hydrogens is 325 g/mol. The van der Waals surface area contributed by atoms with E-state index in [4.69, 9.17) is 4.74 Å². The van der Waals surface area contributed by atoms with Crippen molar-refractivity contribution in [2.45, 2.75) is 23.4 Å². The van der Waals surface area contributed by atoms with Crippen molar-refractivity contribution in [2.75, 3.05) is 26.2 Å². The minimum absolute atomic E-state index is 0.740. The van der Waals surface area contributed by atoms with Gasteiger partial charge in [0.1, 0.15) is 0 Å². The molecule has 0 aliphatic carbocycles. The highest BCUT2D eigenvalue weighted by molar-refractivity contribution is 14.1. The molecule has 3 heteroatoms. The lowest BCUT2D eigenvalue weighted by atomic mass is 10.1. The molecule has 2 nitrogen and oxygen atoms in total. The number of benzene rings is 1. The Labute approximate surface area is 117 Å². The Morgan fingerprint density at radius 3 is 2.59 bits per heavy atom. The van der Waals surface area contributed by atoms with Crippen LogP contribution in [0, 0.1) is 0 Å². The van der Waals surface area contributed by atoms with Crippen LogP contribution in [-0.4, -0.2) is 35.1 Å². The fourth-order valence-electron chi connectivity index (χ4n) is 2.08. The van der Waals surface area contributed by atoms with Gasteiger partial charge in [0.15, 0.2) is 0 Å². The number of likely N-dealkylation sites (tertiary alicyclic amines) is 1. The van der Waals surface area contributed by atoms with Crippen LogP contribution in [0.25, 0.3) is 0 Å². The minimum Gasteiger partial charge on any atom is -0.375 e. The lowest BCUT2D eigenvalue weighted by molar-refractivity contribution is 0.0873. The predicted molar refractivity (Wildman–Crippen MR) is 79.6 cm³/mol. The average Bonchev–Trinajstić information content (AvgIpc) is 2.38. The van der Waals surface area contributed by atoms with E-state index in [0.717, 1.165) is 23.7 Å². The molecule has 1 aromatic rings. The second kappa shape index (κ2) is 7.34. The van der Waals surface area contributed by atoms with E-state index in [2.05, 4.69) is 51.8 Å². The van der Waals surface area contributed by atoms with E-state index in [0.29, 0.717) is 0 Å². The van der Waals surface area contributed by atoms with Gasteiger partial charge in [0.05, 0.1) is 13.2 Å². The first-order valence-corrected chi connectivity index (χ1v) is 7.57. The van der Waals surface area contributed by atoms with Gasteiger partial charge >= 0.3 is 0 Å². The van der Waals surface area contributed by atoms with Gasteiger partial charge in [-0.05, 0) is 31.5 Å². The Bertz CT molecular complexity index is 309. The number of piperidine rings is 1. The number of hydrogen-bond donors (Lipinski definition) is 0. The molecule has 1 aliphatic heterocycles. The van der Waals surface area contributed by atoms with E-state index in [9.17, 15) is 0 Å². The highest BCUT2D eigenvalue weighted by Gasteiger charge is 2.15. The normalized spacial score (nSPS) is 18.4. The number of halogens is 1. The van der Waals surface area contributed by atoms with E-state index in [1.807, 2.05) is 6.07 Å². The van der Waals surface area contributed by atoms with Gasteiger partial charge in [0.2, 0.25) is 0 Å². The summed E-state index contributed by atoms with van der Waals surface area (Å²) in [4.78, 5) is 2.51. The summed E-state index contributed by atoms with van der Waals surface area (Å²) in [5.74, 6) is 0. The van der Waals surface area contributed by atoms with Crippen molar-refractivity contribution in [1.29, 1.82) is 0 Å². The third-order valence-corrected chi connectivity index (χ3v) is 4.43. The third-order valence-electron chi connectivity index (χ3n) is 3.18. The molecule has 0 N–H and O–H groups in total. The maximum absolute atomic E-state index is 5.71. The summed E-state index contributed by atoms with van der Waals surface area (Å²) in [6.07, 6.45) is 2.67. The monoisotopic (exact) mass is 345 g/mol. The lowest BCUT2D eigenvalue weighted by Gasteiger charge is -2.29. The molecule has 1 saturated heterocycles. The van der Waals surface area contributed by atoms with Crippen LogP contribution in [-0.2, 0) is 11.3 Å². The van der Waals surface area contributed by atoms with Gasteiger partial charge < -0.3 is 9.64 Å². The molecule has 0 radical (unpaired) electrons. The first-order chi connectivity index (χ1) is 8.34. The molecule has 1 aromatic carbocycles. The Kier molecular flexibility index (Phi) is 5.74. The van der Waals surface area contributed by atoms with E-state index in [-0.39, 0.29) is 0 Å². The SMILES string of the molecule is IC1CCN(CCOCc2ccccc2)CC1. The summed E-state index contributed by atoms with van der Waals surface area (Å²) in [5, 5.41) is 0. The van der Waals surface area contributed by atoms with Crippen molar-refractivity contribution in [2.24, 2.45) is 0 Å². The molecule has 0 spiro atoms. The van der Waals surface area contributed by atoms with Gasteiger partial charge in [-0.15, -0.1) is 0 Å². The van der Waals surface area contributed by atoms with Crippen LogP contribution in [0.15, 0.2) is 30.3 Å². The van der Waals surface area contributed by atoms with Gasteiger partial charge in [-0.3, -0.25) is 0 Å².